The Morgan fingerprint density at radius 3 is 2.80 bits per heavy atom. The first-order valence-corrected chi connectivity index (χ1v) is 4.93. The van der Waals surface area contributed by atoms with Crippen molar-refractivity contribution in [2.45, 2.75) is 13.0 Å². The summed E-state index contributed by atoms with van der Waals surface area (Å²) in [5.41, 5.74) is 1.47. The van der Waals surface area contributed by atoms with Crippen LogP contribution < -0.4 is 5.32 Å². The maximum Gasteiger partial charge on any atom is 0.326 e. The van der Waals surface area contributed by atoms with Gasteiger partial charge in [-0.25, -0.2) is 9.59 Å². The molecule has 0 spiro atoms. The zero-order chi connectivity index (χ0) is 11.4. The van der Waals surface area contributed by atoms with E-state index in [9.17, 15) is 9.59 Å². The first-order valence-electron chi connectivity index (χ1n) is 4.05. The predicted octanol–water partition coefficient (Wildman–Crippen LogP) is 0.475. The van der Waals surface area contributed by atoms with E-state index in [1.165, 1.54) is 19.5 Å². The molecule has 15 heavy (non-hydrogen) atoms. The lowest BCUT2D eigenvalue weighted by Gasteiger charge is -2.20. The van der Waals surface area contributed by atoms with E-state index < -0.39 is 18.0 Å². The Morgan fingerprint density at radius 2 is 2.33 bits per heavy atom. The van der Waals surface area contributed by atoms with Gasteiger partial charge in [0.25, 0.3) is 0 Å². The Hall–Kier alpha value is -1.70. The summed E-state index contributed by atoms with van der Waals surface area (Å²) in [4.78, 5) is 23.1. The second-order valence-corrected chi connectivity index (χ2v) is 3.63. The molecule has 0 aromatic carbocycles. The van der Waals surface area contributed by atoms with Crippen molar-refractivity contribution in [3.8, 4) is 0 Å². The number of nitrogens with zero attached hydrogens (tertiary/aromatic N) is 3. The monoisotopic (exact) mass is 230 g/mol. The summed E-state index contributed by atoms with van der Waals surface area (Å²) in [6.45, 7) is 1.42. The standard InChI is InChI=1S/C7H10N4O3S/c1-4(5(12)13)11(2)7(14)9-6-10-8-3-15-6/h3-4H,1-2H3,(H,12,13)(H,9,10,14)/t4-/m0/s1. The molecule has 1 rings (SSSR count). The number of aliphatic carboxylic acids is 1. The number of likely N-dealkylation sites (N-methyl/N-ethyl adjacent to an activating group) is 1. The lowest BCUT2D eigenvalue weighted by molar-refractivity contribution is -0.141. The van der Waals surface area contributed by atoms with E-state index in [1.54, 1.807) is 0 Å². The molecular formula is C7H10N4O3S. The summed E-state index contributed by atoms with van der Waals surface area (Å²) >= 11 is 1.16. The first-order chi connectivity index (χ1) is 7.02. The summed E-state index contributed by atoms with van der Waals surface area (Å²) in [7, 11) is 1.40. The summed E-state index contributed by atoms with van der Waals surface area (Å²) in [6, 6.07) is -1.42. The van der Waals surface area contributed by atoms with E-state index >= 15 is 0 Å². The Kier molecular flexibility index (Phi) is 3.56. The molecule has 0 bridgehead atoms. The van der Waals surface area contributed by atoms with E-state index in [2.05, 4.69) is 15.5 Å². The number of carboxylic acids is 1. The van der Waals surface area contributed by atoms with Gasteiger partial charge in [-0.2, -0.15) is 0 Å². The highest BCUT2D eigenvalue weighted by Crippen LogP contribution is 2.09. The molecule has 8 heteroatoms. The Morgan fingerprint density at radius 1 is 1.67 bits per heavy atom. The van der Waals surface area contributed by atoms with Crippen LogP contribution >= 0.6 is 11.3 Å². The molecule has 0 saturated carbocycles. The molecule has 0 unspecified atom stereocenters. The van der Waals surface area contributed by atoms with Crippen molar-refractivity contribution in [2.24, 2.45) is 0 Å². The quantitative estimate of drug-likeness (QED) is 0.787. The maximum absolute atomic E-state index is 11.4. The van der Waals surface area contributed by atoms with Crippen molar-refractivity contribution in [1.82, 2.24) is 15.1 Å². The zero-order valence-corrected chi connectivity index (χ0v) is 8.98. The summed E-state index contributed by atoms with van der Waals surface area (Å²) in [6.07, 6.45) is 0. The maximum atomic E-state index is 11.4. The average Bonchev–Trinajstić information content (AvgIpc) is 2.67. The fraction of sp³-hybridized carbons (Fsp3) is 0.429. The highest BCUT2D eigenvalue weighted by molar-refractivity contribution is 7.13. The van der Waals surface area contributed by atoms with Gasteiger partial charge in [-0.05, 0) is 6.92 Å². The van der Waals surface area contributed by atoms with E-state index in [0.29, 0.717) is 5.13 Å². The van der Waals surface area contributed by atoms with E-state index in [1.807, 2.05) is 0 Å². The number of amides is 2. The molecule has 1 aromatic rings. The molecule has 1 aromatic heterocycles. The number of rotatable bonds is 3. The Bertz CT molecular complexity index is 353. The number of urea groups is 1. The minimum atomic E-state index is -1.06. The molecule has 0 saturated heterocycles. The molecule has 2 N–H and O–H groups in total. The topological polar surface area (TPSA) is 95.4 Å². The van der Waals surface area contributed by atoms with E-state index in [-0.39, 0.29) is 0 Å². The van der Waals surface area contributed by atoms with Crippen molar-refractivity contribution >= 4 is 28.5 Å². The van der Waals surface area contributed by atoms with Crippen LogP contribution in [0.15, 0.2) is 5.51 Å². The van der Waals surface area contributed by atoms with Crippen LogP contribution in [-0.4, -0.2) is 45.3 Å². The molecule has 0 fully saturated rings. The second-order valence-electron chi connectivity index (χ2n) is 2.80. The van der Waals surface area contributed by atoms with Crippen LogP contribution in [0.3, 0.4) is 0 Å². The number of nitrogens with one attached hydrogen (secondary N) is 1. The zero-order valence-electron chi connectivity index (χ0n) is 8.17. The smallest absolute Gasteiger partial charge is 0.326 e. The SMILES string of the molecule is C[C@@H](C(=O)O)N(C)C(=O)Nc1nncs1. The van der Waals surface area contributed by atoms with Crippen LogP contribution in [0, 0.1) is 0 Å². The van der Waals surface area contributed by atoms with Gasteiger partial charge in [-0.3, -0.25) is 5.32 Å². The Labute approximate surface area is 89.7 Å². The summed E-state index contributed by atoms with van der Waals surface area (Å²) in [5, 5.41) is 18.6. The highest BCUT2D eigenvalue weighted by Gasteiger charge is 2.21. The Balaban J connectivity index is 2.57. The molecule has 7 nitrogen and oxygen atoms in total. The van der Waals surface area contributed by atoms with Crippen molar-refractivity contribution in [3.05, 3.63) is 5.51 Å². The van der Waals surface area contributed by atoms with Gasteiger partial charge in [-0.15, -0.1) is 10.2 Å². The number of hydrogen-bond acceptors (Lipinski definition) is 5. The fourth-order valence-corrected chi connectivity index (χ4v) is 1.18. The number of aromatic nitrogens is 2. The molecular weight excluding hydrogens is 220 g/mol. The molecule has 0 aliphatic carbocycles. The van der Waals surface area contributed by atoms with Crippen molar-refractivity contribution < 1.29 is 14.7 Å². The molecule has 1 atom stereocenters. The number of anilines is 1. The van der Waals surface area contributed by atoms with Crippen molar-refractivity contribution in [2.75, 3.05) is 12.4 Å². The van der Waals surface area contributed by atoms with Gasteiger partial charge >= 0.3 is 12.0 Å². The second kappa shape index (κ2) is 4.69. The lowest BCUT2D eigenvalue weighted by atomic mass is 10.3. The van der Waals surface area contributed by atoms with Gasteiger partial charge < -0.3 is 10.0 Å². The van der Waals surface area contributed by atoms with E-state index in [0.717, 1.165) is 16.2 Å². The molecule has 82 valence electrons. The number of carbonyl (C=O) groups excluding carboxylic acids is 1. The summed E-state index contributed by atoms with van der Waals surface area (Å²) in [5.74, 6) is -1.06. The molecule has 1 heterocycles. The molecule has 0 radical (unpaired) electrons. The van der Waals surface area contributed by atoms with Gasteiger partial charge in [0.15, 0.2) is 0 Å². The van der Waals surface area contributed by atoms with Gasteiger partial charge in [0.1, 0.15) is 11.6 Å². The molecule has 0 aliphatic rings. The number of carbonyl (C=O) groups is 2. The van der Waals surface area contributed by atoms with Gasteiger partial charge in [0.2, 0.25) is 5.13 Å². The third kappa shape index (κ3) is 2.88. The third-order valence-electron chi connectivity index (χ3n) is 1.83. The van der Waals surface area contributed by atoms with Crippen molar-refractivity contribution in [1.29, 1.82) is 0 Å². The minimum absolute atomic E-state index is 0.337. The molecule has 2 amide bonds. The third-order valence-corrected chi connectivity index (χ3v) is 2.44. The first kappa shape index (κ1) is 11.4. The van der Waals surface area contributed by atoms with Crippen LogP contribution in [-0.2, 0) is 4.79 Å². The van der Waals surface area contributed by atoms with Crippen LogP contribution in [0.2, 0.25) is 0 Å². The minimum Gasteiger partial charge on any atom is -0.480 e. The largest absolute Gasteiger partial charge is 0.480 e. The van der Waals surface area contributed by atoms with Gasteiger partial charge in [-0.1, -0.05) is 11.3 Å². The number of hydrogen-bond donors (Lipinski definition) is 2. The van der Waals surface area contributed by atoms with Crippen LogP contribution in [0.1, 0.15) is 6.92 Å². The molecule has 0 aliphatic heterocycles. The van der Waals surface area contributed by atoms with E-state index in [4.69, 9.17) is 5.11 Å². The highest BCUT2D eigenvalue weighted by atomic mass is 32.1. The fourth-order valence-electron chi connectivity index (χ4n) is 0.749. The van der Waals surface area contributed by atoms with Gasteiger partial charge in [0.05, 0.1) is 0 Å². The average molecular weight is 230 g/mol. The van der Waals surface area contributed by atoms with Crippen molar-refractivity contribution in [3.63, 3.8) is 0 Å². The van der Waals surface area contributed by atoms with Crippen LogP contribution in [0.25, 0.3) is 0 Å². The van der Waals surface area contributed by atoms with Crippen LogP contribution in [0.4, 0.5) is 9.93 Å². The van der Waals surface area contributed by atoms with Gasteiger partial charge in [0, 0.05) is 7.05 Å². The lowest BCUT2D eigenvalue weighted by Crippen LogP contribution is -2.42. The summed E-state index contributed by atoms with van der Waals surface area (Å²) < 4.78 is 0. The van der Waals surface area contributed by atoms with Crippen LogP contribution in [0.5, 0.6) is 0 Å². The number of carboxylic acid groups (broad SMARTS) is 1. The predicted molar refractivity (Wildman–Crippen MR) is 53.8 cm³/mol. The normalized spacial score (nSPS) is 11.9.